The maximum atomic E-state index is 12.4. The van der Waals surface area contributed by atoms with Crippen LogP contribution in [0.2, 0.25) is 0 Å². The van der Waals surface area contributed by atoms with E-state index in [1.54, 1.807) is 6.07 Å². The minimum Gasteiger partial charge on any atom is -0.344 e. The van der Waals surface area contributed by atoms with Crippen LogP contribution in [0.25, 0.3) is 0 Å². The van der Waals surface area contributed by atoms with Crippen LogP contribution in [0.15, 0.2) is 12.1 Å². The van der Waals surface area contributed by atoms with Crippen LogP contribution in [-0.4, -0.2) is 0 Å². The van der Waals surface area contributed by atoms with Crippen LogP contribution in [0.5, 0.6) is 0 Å². The van der Waals surface area contributed by atoms with E-state index in [0.717, 1.165) is 5.56 Å². The summed E-state index contributed by atoms with van der Waals surface area (Å²) in [4.78, 5) is 0. The van der Waals surface area contributed by atoms with Crippen molar-refractivity contribution in [2.75, 3.05) is 0 Å². The molecule has 0 spiro atoms. The highest BCUT2D eigenvalue weighted by atomic mass is 19.2. The van der Waals surface area contributed by atoms with Crippen LogP contribution in [-0.2, 0) is 6.42 Å². The van der Waals surface area contributed by atoms with E-state index in [1.807, 2.05) is 0 Å². The number of hydrogen-bond donors (Lipinski definition) is 1. The summed E-state index contributed by atoms with van der Waals surface area (Å²) in [6.45, 7) is 0. The van der Waals surface area contributed by atoms with E-state index in [-0.39, 0.29) is 6.15 Å². The Hall–Kier alpha value is -0.960. The molecule has 0 saturated heterocycles. The molecule has 1 aromatic carbocycles. The fraction of sp³-hybridized carbons (Fsp3) is 0.143. The van der Waals surface area contributed by atoms with Crippen molar-refractivity contribution in [3.8, 4) is 0 Å². The molecule has 54 valence electrons. The zero-order valence-electron chi connectivity index (χ0n) is 5.32. The molecular weight excluding hydrogens is 136 g/mol. The Morgan fingerprint density at radius 3 is 2.10 bits per heavy atom. The SMILES string of the molecule is Fc1cc2cc(c1F)C2.N. The van der Waals surface area contributed by atoms with Crippen LogP contribution in [0.1, 0.15) is 11.1 Å². The topological polar surface area (TPSA) is 35.0 Å². The second-order valence-corrected chi connectivity index (χ2v) is 2.23. The highest BCUT2D eigenvalue weighted by Gasteiger charge is 2.18. The molecule has 1 aromatic rings. The molecule has 0 heterocycles. The second kappa shape index (κ2) is 2.02. The van der Waals surface area contributed by atoms with E-state index >= 15 is 0 Å². The standard InChI is InChI=1S/C7H4F2.H3N/c8-6-3-4-1-5(2-4)7(6)9;/h1,3H,2H2;1H3. The largest absolute Gasteiger partial charge is 0.344 e. The van der Waals surface area contributed by atoms with Gasteiger partial charge in [0.15, 0.2) is 11.6 Å². The molecule has 2 bridgehead atoms. The Bertz CT molecular complexity index is 267. The average Bonchev–Trinajstić information content (AvgIpc) is 1.72. The van der Waals surface area contributed by atoms with Gasteiger partial charge in [0, 0.05) is 6.42 Å². The fourth-order valence-electron chi connectivity index (χ4n) is 1.03. The molecule has 0 radical (unpaired) electrons. The van der Waals surface area contributed by atoms with Crippen LogP contribution in [0, 0.1) is 11.6 Å². The Balaban J connectivity index is 0.000000500. The Labute approximate surface area is 57.3 Å². The Kier molecular flexibility index (Phi) is 1.45. The van der Waals surface area contributed by atoms with Gasteiger partial charge in [0.2, 0.25) is 0 Å². The molecule has 0 aromatic heterocycles. The number of rotatable bonds is 0. The number of halogens is 2. The molecule has 3 N–H and O–H groups in total. The lowest BCUT2D eigenvalue weighted by Crippen LogP contribution is -2.06. The lowest BCUT2D eigenvalue weighted by atomic mass is 9.92. The van der Waals surface area contributed by atoms with Crippen LogP contribution in [0.3, 0.4) is 0 Å². The summed E-state index contributed by atoms with van der Waals surface area (Å²) in [7, 11) is 0. The third kappa shape index (κ3) is 0.708. The molecular formula is C7H7F2N. The first-order valence-corrected chi connectivity index (χ1v) is 2.74. The molecule has 10 heavy (non-hydrogen) atoms. The summed E-state index contributed by atoms with van der Waals surface area (Å²) < 4.78 is 24.6. The van der Waals surface area contributed by atoms with Gasteiger partial charge in [-0.25, -0.2) is 8.78 Å². The third-order valence-corrected chi connectivity index (χ3v) is 1.56. The zero-order valence-corrected chi connectivity index (χ0v) is 5.32. The van der Waals surface area contributed by atoms with Gasteiger partial charge in [-0.15, -0.1) is 0 Å². The molecule has 0 aliphatic heterocycles. The van der Waals surface area contributed by atoms with E-state index in [9.17, 15) is 8.78 Å². The van der Waals surface area contributed by atoms with Crippen LogP contribution < -0.4 is 6.15 Å². The van der Waals surface area contributed by atoms with Gasteiger partial charge < -0.3 is 6.15 Å². The monoisotopic (exact) mass is 143 g/mol. The van der Waals surface area contributed by atoms with Crippen molar-refractivity contribution >= 4 is 0 Å². The first kappa shape index (κ1) is 7.15. The lowest BCUT2D eigenvalue weighted by molar-refractivity contribution is 0.491. The summed E-state index contributed by atoms with van der Waals surface area (Å²) in [5.74, 6) is -1.39. The highest BCUT2D eigenvalue weighted by molar-refractivity contribution is 5.39. The average molecular weight is 143 g/mol. The first-order chi connectivity index (χ1) is 4.27. The van der Waals surface area contributed by atoms with Gasteiger partial charge in [-0.05, 0) is 17.2 Å². The van der Waals surface area contributed by atoms with Crippen LogP contribution >= 0.6 is 0 Å². The van der Waals surface area contributed by atoms with Gasteiger partial charge in [0.1, 0.15) is 0 Å². The van der Waals surface area contributed by atoms with Crippen molar-refractivity contribution in [2.45, 2.75) is 6.42 Å². The second-order valence-electron chi connectivity index (χ2n) is 2.23. The normalized spacial score (nSPS) is 11.8. The predicted molar refractivity (Wildman–Crippen MR) is 34.2 cm³/mol. The quantitative estimate of drug-likeness (QED) is 0.601. The number of benzene rings is 1. The summed E-state index contributed by atoms with van der Waals surface area (Å²) >= 11 is 0. The smallest absolute Gasteiger partial charge is 0.162 e. The molecule has 0 atom stereocenters. The van der Waals surface area contributed by atoms with E-state index in [1.165, 1.54) is 6.07 Å². The van der Waals surface area contributed by atoms with Gasteiger partial charge in [-0.1, -0.05) is 6.07 Å². The molecule has 2 aliphatic carbocycles. The minimum absolute atomic E-state index is 0. The molecule has 2 aliphatic rings. The Morgan fingerprint density at radius 1 is 1.20 bits per heavy atom. The molecule has 0 amide bonds. The van der Waals surface area contributed by atoms with E-state index in [2.05, 4.69) is 0 Å². The molecule has 0 fully saturated rings. The van der Waals surface area contributed by atoms with E-state index < -0.39 is 11.6 Å². The van der Waals surface area contributed by atoms with Crippen molar-refractivity contribution < 1.29 is 8.78 Å². The van der Waals surface area contributed by atoms with Crippen molar-refractivity contribution in [2.24, 2.45) is 0 Å². The summed E-state index contributed by atoms with van der Waals surface area (Å²) in [5, 5.41) is 0. The van der Waals surface area contributed by atoms with E-state index in [0.29, 0.717) is 12.0 Å². The Morgan fingerprint density at radius 2 is 1.80 bits per heavy atom. The van der Waals surface area contributed by atoms with Crippen molar-refractivity contribution in [1.29, 1.82) is 0 Å². The predicted octanol–water partition coefficient (Wildman–Crippen LogP) is 2.03. The number of fused-ring (bicyclic) bond motifs is 2. The lowest BCUT2D eigenvalue weighted by Gasteiger charge is -2.14. The van der Waals surface area contributed by atoms with Gasteiger partial charge in [0.05, 0.1) is 0 Å². The highest BCUT2D eigenvalue weighted by Crippen LogP contribution is 2.26. The van der Waals surface area contributed by atoms with E-state index in [4.69, 9.17) is 0 Å². The summed E-state index contributed by atoms with van der Waals surface area (Å²) in [5.41, 5.74) is 1.40. The van der Waals surface area contributed by atoms with Crippen molar-refractivity contribution in [3.63, 3.8) is 0 Å². The fourth-order valence-corrected chi connectivity index (χ4v) is 1.03. The van der Waals surface area contributed by atoms with Gasteiger partial charge in [-0.2, -0.15) is 0 Å². The third-order valence-electron chi connectivity index (χ3n) is 1.56. The molecule has 3 rings (SSSR count). The first-order valence-electron chi connectivity index (χ1n) is 2.74. The van der Waals surface area contributed by atoms with Crippen molar-refractivity contribution in [3.05, 3.63) is 34.9 Å². The molecule has 3 heteroatoms. The minimum atomic E-state index is -0.714. The maximum absolute atomic E-state index is 12.4. The van der Waals surface area contributed by atoms with Crippen molar-refractivity contribution in [1.82, 2.24) is 6.15 Å². The van der Waals surface area contributed by atoms with Gasteiger partial charge in [0.25, 0.3) is 0 Å². The molecule has 1 nitrogen and oxygen atoms in total. The molecule has 0 saturated carbocycles. The number of hydrogen-bond acceptors (Lipinski definition) is 1. The van der Waals surface area contributed by atoms with Gasteiger partial charge >= 0.3 is 0 Å². The summed E-state index contributed by atoms with van der Waals surface area (Å²) in [6, 6.07) is 2.90. The van der Waals surface area contributed by atoms with Crippen LogP contribution in [0.4, 0.5) is 8.78 Å². The maximum Gasteiger partial charge on any atom is 0.162 e. The van der Waals surface area contributed by atoms with Gasteiger partial charge in [-0.3, -0.25) is 0 Å². The zero-order chi connectivity index (χ0) is 6.43. The summed E-state index contributed by atoms with van der Waals surface area (Å²) in [6.07, 6.45) is 0.610. The molecule has 0 unspecified atom stereocenters.